The minimum atomic E-state index is -0.628. The first-order chi connectivity index (χ1) is 8.11. The Labute approximate surface area is 100 Å². The first-order valence-electron chi connectivity index (χ1n) is 5.37. The lowest BCUT2D eigenvalue weighted by atomic mass is 10.1. The van der Waals surface area contributed by atoms with Gasteiger partial charge in [0, 0.05) is 6.08 Å². The molecule has 0 fully saturated rings. The van der Waals surface area contributed by atoms with Crippen molar-refractivity contribution in [3.8, 4) is 5.75 Å². The third-order valence-electron chi connectivity index (χ3n) is 2.59. The van der Waals surface area contributed by atoms with Gasteiger partial charge in [0.2, 0.25) is 0 Å². The topological polar surface area (TPSA) is 35.5 Å². The summed E-state index contributed by atoms with van der Waals surface area (Å²) < 4.78 is 10.2. The highest BCUT2D eigenvalue weighted by Gasteiger charge is 2.26. The van der Waals surface area contributed by atoms with Crippen molar-refractivity contribution in [1.82, 2.24) is 0 Å². The van der Waals surface area contributed by atoms with Crippen LogP contribution in [0.25, 0.3) is 6.08 Å². The number of carbonyl (C=O) groups excluding carboxylic acids is 1. The summed E-state index contributed by atoms with van der Waals surface area (Å²) in [6.07, 6.45) is 6.96. The molecule has 17 heavy (non-hydrogen) atoms. The van der Waals surface area contributed by atoms with Gasteiger partial charge in [-0.1, -0.05) is 18.2 Å². The molecule has 1 unspecified atom stereocenters. The molecule has 0 aromatic heterocycles. The predicted octanol–water partition coefficient (Wildman–Crippen LogP) is 2.58. The maximum Gasteiger partial charge on any atom is 0.331 e. The number of cyclic esters (lactones) is 1. The summed E-state index contributed by atoms with van der Waals surface area (Å²) >= 11 is 0. The van der Waals surface area contributed by atoms with Gasteiger partial charge in [0.25, 0.3) is 0 Å². The molecule has 0 radical (unpaired) electrons. The van der Waals surface area contributed by atoms with Crippen molar-refractivity contribution in [1.29, 1.82) is 0 Å². The van der Waals surface area contributed by atoms with E-state index in [4.69, 9.17) is 9.47 Å². The Balaban J connectivity index is 2.10. The van der Waals surface area contributed by atoms with Crippen LogP contribution in [0.3, 0.4) is 0 Å². The van der Waals surface area contributed by atoms with E-state index in [9.17, 15) is 4.79 Å². The Morgan fingerprint density at radius 1 is 1.29 bits per heavy atom. The molecule has 3 nitrogen and oxygen atoms in total. The molecule has 0 saturated heterocycles. The quantitative estimate of drug-likeness (QED) is 0.749. The molecule has 3 heteroatoms. The van der Waals surface area contributed by atoms with Gasteiger partial charge < -0.3 is 9.47 Å². The van der Waals surface area contributed by atoms with Gasteiger partial charge >= 0.3 is 5.97 Å². The Morgan fingerprint density at radius 2 is 2.00 bits per heavy atom. The van der Waals surface area contributed by atoms with Gasteiger partial charge in [-0.15, -0.1) is 0 Å². The van der Waals surface area contributed by atoms with E-state index in [1.165, 1.54) is 6.08 Å². The van der Waals surface area contributed by atoms with Gasteiger partial charge in [0.1, 0.15) is 11.4 Å². The molecule has 0 spiro atoms. The molecule has 1 aromatic carbocycles. The number of hydrogen-bond donors (Lipinski definition) is 0. The molecule has 0 aliphatic carbocycles. The maximum atomic E-state index is 11.0. The highest BCUT2D eigenvalue weighted by Crippen LogP contribution is 2.22. The van der Waals surface area contributed by atoms with E-state index in [-0.39, 0.29) is 5.97 Å². The zero-order valence-electron chi connectivity index (χ0n) is 9.84. The normalized spacial score (nSPS) is 23.1. The summed E-state index contributed by atoms with van der Waals surface area (Å²) in [5.41, 5.74) is 0.403. The molecule has 88 valence electrons. The smallest absolute Gasteiger partial charge is 0.331 e. The van der Waals surface area contributed by atoms with Gasteiger partial charge in [0.05, 0.1) is 7.11 Å². The molecule has 2 rings (SSSR count). The van der Waals surface area contributed by atoms with Crippen molar-refractivity contribution in [2.75, 3.05) is 7.11 Å². The van der Waals surface area contributed by atoms with Crippen molar-refractivity contribution in [2.45, 2.75) is 12.5 Å². The zero-order valence-corrected chi connectivity index (χ0v) is 9.84. The minimum absolute atomic E-state index is 0.299. The fourth-order valence-corrected chi connectivity index (χ4v) is 1.58. The Hall–Kier alpha value is -2.03. The van der Waals surface area contributed by atoms with E-state index in [1.807, 2.05) is 43.3 Å². The number of esters is 1. The first-order valence-corrected chi connectivity index (χ1v) is 5.37. The van der Waals surface area contributed by atoms with Crippen LogP contribution >= 0.6 is 0 Å². The second-order valence-electron chi connectivity index (χ2n) is 4.04. The monoisotopic (exact) mass is 230 g/mol. The van der Waals surface area contributed by atoms with Crippen molar-refractivity contribution >= 4 is 12.0 Å². The summed E-state index contributed by atoms with van der Waals surface area (Å²) in [6.45, 7) is 1.84. The van der Waals surface area contributed by atoms with Crippen molar-refractivity contribution in [3.63, 3.8) is 0 Å². The molecule has 1 heterocycles. The molecule has 0 bridgehead atoms. The second-order valence-corrected chi connectivity index (χ2v) is 4.04. The van der Waals surface area contributed by atoms with E-state index in [0.29, 0.717) is 0 Å². The molecule has 1 aliphatic heterocycles. The molecule has 1 aromatic rings. The van der Waals surface area contributed by atoms with Crippen LogP contribution in [0.15, 0.2) is 42.5 Å². The Kier molecular flexibility index (Phi) is 3.00. The van der Waals surface area contributed by atoms with Crippen LogP contribution in [0.1, 0.15) is 12.5 Å². The summed E-state index contributed by atoms with van der Waals surface area (Å²) in [5, 5.41) is 0. The summed E-state index contributed by atoms with van der Waals surface area (Å²) in [5.74, 6) is 0.521. The summed E-state index contributed by atoms with van der Waals surface area (Å²) in [6, 6.07) is 7.66. The van der Waals surface area contributed by atoms with Gasteiger partial charge in [-0.05, 0) is 36.8 Å². The largest absolute Gasteiger partial charge is 0.497 e. The highest BCUT2D eigenvalue weighted by atomic mass is 16.6. The molecular weight excluding hydrogens is 216 g/mol. The van der Waals surface area contributed by atoms with Gasteiger partial charge in [-0.25, -0.2) is 4.79 Å². The number of hydrogen-bond acceptors (Lipinski definition) is 3. The van der Waals surface area contributed by atoms with E-state index in [2.05, 4.69) is 0 Å². The lowest BCUT2D eigenvalue weighted by Gasteiger charge is -2.16. The molecule has 0 amide bonds. The Morgan fingerprint density at radius 3 is 2.53 bits per heavy atom. The van der Waals surface area contributed by atoms with Gasteiger partial charge in [0.15, 0.2) is 0 Å². The van der Waals surface area contributed by atoms with Crippen LogP contribution in [0.4, 0.5) is 0 Å². The lowest BCUT2D eigenvalue weighted by molar-refractivity contribution is -0.141. The van der Waals surface area contributed by atoms with Crippen LogP contribution in [0.5, 0.6) is 5.75 Å². The molecular formula is C14H14O3. The number of ether oxygens (including phenoxy) is 2. The fourth-order valence-electron chi connectivity index (χ4n) is 1.58. The second kappa shape index (κ2) is 4.45. The average molecular weight is 230 g/mol. The van der Waals surface area contributed by atoms with Crippen molar-refractivity contribution < 1.29 is 14.3 Å². The third-order valence-corrected chi connectivity index (χ3v) is 2.59. The van der Waals surface area contributed by atoms with Gasteiger partial charge in [-0.3, -0.25) is 0 Å². The van der Waals surface area contributed by atoms with Crippen LogP contribution in [0.2, 0.25) is 0 Å². The van der Waals surface area contributed by atoms with Crippen molar-refractivity contribution in [3.05, 3.63) is 48.1 Å². The number of rotatable bonds is 3. The van der Waals surface area contributed by atoms with E-state index in [0.717, 1.165) is 11.3 Å². The summed E-state index contributed by atoms with van der Waals surface area (Å²) in [4.78, 5) is 11.0. The van der Waals surface area contributed by atoms with E-state index < -0.39 is 5.60 Å². The molecule has 1 aliphatic rings. The van der Waals surface area contributed by atoms with E-state index in [1.54, 1.807) is 13.2 Å². The fraction of sp³-hybridized carbons (Fsp3) is 0.214. The minimum Gasteiger partial charge on any atom is -0.497 e. The molecule has 1 atom stereocenters. The standard InChI is InChI=1S/C14H14O3/c1-14(10-8-13(15)17-14)9-7-11-3-5-12(16-2)6-4-11/h3-10H,1-2H3/b9-7+. The first kappa shape index (κ1) is 11.5. The SMILES string of the molecule is COc1ccc(/C=C/C2(C)C=CC(=O)O2)cc1. The highest BCUT2D eigenvalue weighted by molar-refractivity contribution is 5.85. The van der Waals surface area contributed by atoms with Crippen LogP contribution in [-0.2, 0) is 9.53 Å². The van der Waals surface area contributed by atoms with Crippen LogP contribution < -0.4 is 4.74 Å². The van der Waals surface area contributed by atoms with Crippen LogP contribution in [0, 0.1) is 0 Å². The third kappa shape index (κ3) is 2.75. The molecule has 0 N–H and O–H groups in total. The van der Waals surface area contributed by atoms with Crippen LogP contribution in [-0.4, -0.2) is 18.7 Å². The van der Waals surface area contributed by atoms with Gasteiger partial charge in [-0.2, -0.15) is 0 Å². The zero-order chi connectivity index (χ0) is 12.3. The average Bonchev–Trinajstić information content (AvgIpc) is 2.68. The van der Waals surface area contributed by atoms with E-state index >= 15 is 0 Å². The van der Waals surface area contributed by atoms with Crippen molar-refractivity contribution in [2.24, 2.45) is 0 Å². The maximum absolute atomic E-state index is 11.0. The predicted molar refractivity (Wildman–Crippen MR) is 65.7 cm³/mol. The summed E-state index contributed by atoms with van der Waals surface area (Å²) in [7, 11) is 1.63. The Bertz CT molecular complexity index is 471. The molecule has 0 saturated carbocycles. The number of carbonyl (C=O) groups is 1. The number of benzene rings is 1. The number of methoxy groups -OCH3 is 1. The lowest BCUT2D eigenvalue weighted by Crippen LogP contribution is -2.20.